The van der Waals surface area contributed by atoms with Crippen LogP contribution in [0.25, 0.3) is 11.0 Å². The number of carbonyl (C=O) groups excluding carboxylic acids is 2. The molecular formula is C18H18N4O3. The fourth-order valence-corrected chi connectivity index (χ4v) is 2.49. The quantitative estimate of drug-likeness (QED) is 0.571. The zero-order chi connectivity index (χ0) is 17.8. The summed E-state index contributed by atoms with van der Waals surface area (Å²) in [5, 5.41) is 5.52. The number of hydrogen-bond donors (Lipinski definition) is 4. The first-order valence-electron chi connectivity index (χ1n) is 7.88. The Morgan fingerprint density at radius 3 is 2.60 bits per heavy atom. The molecule has 2 aromatic carbocycles. The Hall–Kier alpha value is -3.35. The fourth-order valence-electron chi connectivity index (χ4n) is 2.49. The molecule has 7 heteroatoms. The van der Waals surface area contributed by atoms with Crippen LogP contribution in [0.2, 0.25) is 0 Å². The Kier molecular flexibility index (Phi) is 4.65. The maximum absolute atomic E-state index is 12.1. The molecule has 7 nitrogen and oxygen atoms in total. The van der Waals surface area contributed by atoms with Crippen molar-refractivity contribution >= 4 is 28.5 Å². The highest BCUT2D eigenvalue weighted by atomic mass is 16.2. The van der Waals surface area contributed by atoms with Crippen LogP contribution in [-0.4, -0.2) is 28.3 Å². The second-order valence-electron chi connectivity index (χ2n) is 5.71. The molecule has 0 saturated heterocycles. The lowest BCUT2D eigenvalue weighted by molar-refractivity contribution is -0.116. The highest BCUT2D eigenvalue weighted by Gasteiger charge is 2.09. The Bertz CT molecular complexity index is 987. The number of para-hydroxylation sites is 1. The van der Waals surface area contributed by atoms with Gasteiger partial charge in [-0.1, -0.05) is 18.2 Å². The molecular weight excluding hydrogens is 320 g/mol. The molecule has 128 valence electrons. The summed E-state index contributed by atoms with van der Waals surface area (Å²) in [5.74, 6) is -0.465. The first kappa shape index (κ1) is 16.5. The van der Waals surface area contributed by atoms with Crippen molar-refractivity contribution in [1.29, 1.82) is 0 Å². The molecule has 0 atom stereocenters. The summed E-state index contributed by atoms with van der Waals surface area (Å²) in [6.45, 7) is 2.14. The predicted molar refractivity (Wildman–Crippen MR) is 95.7 cm³/mol. The number of amides is 2. The minimum atomic E-state index is -0.319. The van der Waals surface area contributed by atoms with E-state index in [2.05, 4.69) is 20.6 Å². The summed E-state index contributed by atoms with van der Waals surface area (Å²) in [6.07, 6.45) is 0.170. The van der Waals surface area contributed by atoms with E-state index in [-0.39, 0.29) is 30.5 Å². The molecule has 2 amide bonds. The molecule has 0 spiro atoms. The molecule has 3 aromatic rings. The third-order valence-electron chi connectivity index (χ3n) is 3.83. The summed E-state index contributed by atoms with van der Waals surface area (Å²) in [5.41, 5.74) is 3.05. The van der Waals surface area contributed by atoms with Crippen molar-refractivity contribution in [2.45, 2.75) is 13.3 Å². The molecule has 0 unspecified atom stereocenters. The average molecular weight is 338 g/mol. The minimum Gasteiger partial charge on any atom is -0.352 e. The van der Waals surface area contributed by atoms with Crippen molar-refractivity contribution < 1.29 is 9.59 Å². The van der Waals surface area contributed by atoms with Gasteiger partial charge in [0, 0.05) is 24.2 Å². The van der Waals surface area contributed by atoms with E-state index in [1.54, 1.807) is 18.2 Å². The summed E-state index contributed by atoms with van der Waals surface area (Å²) < 4.78 is 0. The number of aryl methyl sites for hydroxylation is 1. The molecule has 0 bridgehead atoms. The van der Waals surface area contributed by atoms with E-state index in [9.17, 15) is 14.4 Å². The van der Waals surface area contributed by atoms with Crippen molar-refractivity contribution in [1.82, 2.24) is 15.3 Å². The maximum Gasteiger partial charge on any atom is 0.323 e. The van der Waals surface area contributed by atoms with E-state index < -0.39 is 0 Å². The largest absolute Gasteiger partial charge is 0.352 e. The van der Waals surface area contributed by atoms with Crippen molar-refractivity contribution in [2.24, 2.45) is 0 Å². The van der Waals surface area contributed by atoms with Gasteiger partial charge in [-0.05, 0) is 36.8 Å². The predicted octanol–water partition coefficient (Wildman–Crippen LogP) is 1.92. The Morgan fingerprint density at radius 1 is 1.04 bits per heavy atom. The van der Waals surface area contributed by atoms with Crippen molar-refractivity contribution in [3.8, 4) is 0 Å². The van der Waals surface area contributed by atoms with Crippen LogP contribution in [0.1, 0.15) is 22.3 Å². The minimum absolute atomic E-state index is 0.167. The van der Waals surface area contributed by atoms with Crippen LogP contribution in [0.4, 0.5) is 5.69 Å². The van der Waals surface area contributed by atoms with E-state index in [1.165, 1.54) is 0 Å². The average Bonchev–Trinajstić information content (AvgIpc) is 2.96. The molecule has 0 aliphatic rings. The number of carbonyl (C=O) groups is 2. The second-order valence-corrected chi connectivity index (χ2v) is 5.71. The Balaban J connectivity index is 1.54. The molecule has 3 rings (SSSR count). The van der Waals surface area contributed by atoms with Crippen LogP contribution in [0.3, 0.4) is 0 Å². The third kappa shape index (κ3) is 3.95. The lowest BCUT2D eigenvalue weighted by Crippen LogP contribution is -2.27. The lowest BCUT2D eigenvalue weighted by atomic mass is 10.2. The van der Waals surface area contributed by atoms with Crippen LogP contribution >= 0.6 is 0 Å². The van der Waals surface area contributed by atoms with Crippen LogP contribution in [0, 0.1) is 6.92 Å². The molecule has 0 aliphatic carbocycles. The van der Waals surface area contributed by atoms with Crippen LogP contribution < -0.4 is 16.3 Å². The Labute approximate surface area is 143 Å². The van der Waals surface area contributed by atoms with E-state index in [0.717, 1.165) is 11.3 Å². The van der Waals surface area contributed by atoms with Gasteiger partial charge in [0.25, 0.3) is 5.91 Å². The third-order valence-corrected chi connectivity index (χ3v) is 3.83. The smallest absolute Gasteiger partial charge is 0.323 e. The number of rotatable bonds is 5. The number of aromatic nitrogens is 2. The SMILES string of the molecule is Cc1ccccc1NC(=O)CCNC(=O)c1ccc2[nH]c(=O)[nH]c2c1. The summed E-state index contributed by atoms with van der Waals surface area (Å²) >= 11 is 0. The number of aromatic amines is 2. The van der Waals surface area contributed by atoms with Gasteiger partial charge in [-0.2, -0.15) is 0 Å². The van der Waals surface area contributed by atoms with Gasteiger partial charge in [-0.15, -0.1) is 0 Å². The van der Waals surface area contributed by atoms with Crippen LogP contribution in [0.5, 0.6) is 0 Å². The molecule has 0 radical (unpaired) electrons. The zero-order valence-corrected chi connectivity index (χ0v) is 13.7. The van der Waals surface area contributed by atoms with Crippen molar-refractivity contribution in [3.63, 3.8) is 0 Å². The summed E-state index contributed by atoms with van der Waals surface area (Å²) in [6, 6.07) is 12.4. The highest BCUT2D eigenvalue weighted by molar-refractivity contribution is 5.98. The van der Waals surface area contributed by atoms with E-state index in [1.807, 2.05) is 31.2 Å². The van der Waals surface area contributed by atoms with Gasteiger partial charge in [0.1, 0.15) is 0 Å². The van der Waals surface area contributed by atoms with Gasteiger partial charge in [0.05, 0.1) is 11.0 Å². The van der Waals surface area contributed by atoms with Gasteiger partial charge in [0.2, 0.25) is 5.91 Å². The second kappa shape index (κ2) is 7.04. The van der Waals surface area contributed by atoms with Crippen LogP contribution in [-0.2, 0) is 4.79 Å². The number of fused-ring (bicyclic) bond motifs is 1. The normalized spacial score (nSPS) is 10.6. The van der Waals surface area contributed by atoms with Gasteiger partial charge in [-0.25, -0.2) is 4.79 Å². The van der Waals surface area contributed by atoms with E-state index in [0.29, 0.717) is 16.6 Å². The van der Waals surface area contributed by atoms with Gasteiger partial charge < -0.3 is 20.6 Å². The van der Waals surface area contributed by atoms with Crippen molar-refractivity contribution in [2.75, 3.05) is 11.9 Å². The van der Waals surface area contributed by atoms with Gasteiger partial charge >= 0.3 is 5.69 Å². The number of nitrogens with one attached hydrogen (secondary N) is 4. The highest BCUT2D eigenvalue weighted by Crippen LogP contribution is 2.13. The number of hydrogen-bond acceptors (Lipinski definition) is 3. The van der Waals surface area contributed by atoms with E-state index >= 15 is 0 Å². The van der Waals surface area contributed by atoms with E-state index in [4.69, 9.17) is 0 Å². The molecule has 4 N–H and O–H groups in total. The van der Waals surface area contributed by atoms with Gasteiger partial charge in [0.15, 0.2) is 0 Å². The maximum atomic E-state index is 12.1. The number of imidazole rings is 1. The molecule has 0 fully saturated rings. The number of anilines is 1. The Morgan fingerprint density at radius 2 is 1.80 bits per heavy atom. The van der Waals surface area contributed by atoms with Gasteiger partial charge in [-0.3, -0.25) is 9.59 Å². The van der Waals surface area contributed by atoms with Crippen molar-refractivity contribution in [3.05, 3.63) is 64.1 Å². The fraction of sp³-hybridized carbons (Fsp3) is 0.167. The lowest BCUT2D eigenvalue weighted by Gasteiger charge is -2.09. The molecule has 1 heterocycles. The first-order valence-corrected chi connectivity index (χ1v) is 7.88. The first-order chi connectivity index (χ1) is 12.0. The summed E-state index contributed by atoms with van der Waals surface area (Å²) in [7, 11) is 0. The number of benzene rings is 2. The summed E-state index contributed by atoms with van der Waals surface area (Å²) in [4.78, 5) is 40.6. The zero-order valence-electron chi connectivity index (χ0n) is 13.7. The van der Waals surface area contributed by atoms with Crippen LogP contribution in [0.15, 0.2) is 47.3 Å². The molecule has 0 saturated carbocycles. The molecule has 25 heavy (non-hydrogen) atoms. The standard InChI is InChI=1S/C18H18N4O3/c1-11-4-2-3-5-13(11)20-16(23)8-9-19-17(24)12-6-7-14-15(10-12)22-18(25)21-14/h2-7,10H,8-9H2,1H3,(H,19,24)(H,20,23)(H2,21,22,25). The molecule has 1 aromatic heterocycles. The topological polar surface area (TPSA) is 107 Å². The number of H-pyrrole nitrogens is 2. The monoisotopic (exact) mass is 338 g/mol. The molecule has 0 aliphatic heterocycles.